The Balaban J connectivity index is 1.51. The van der Waals surface area contributed by atoms with Gasteiger partial charge in [0.2, 0.25) is 0 Å². The van der Waals surface area contributed by atoms with Gasteiger partial charge in [-0.2, -0.15) is 5.10 Å². The predicted molar refractivity (Wildman–Crippen MR) is 110 cm³/mol. The Bertz CT molecular complexity index is 902. The average molecular weight is 398 g/mol. The van der Waals surface area contributed by atoms with Crippen LogP contribution in [0.4, 0.5) is 11.4 Å². The Labute approximate surface area is 169 Å². The lowest BCUT2D eigenvalue weighted by atomic mass is 10.2. The smallest absolute Gasteiger partial charge is 0.359 e. The summed E-state index contributed by atoms with van der Waals surface area (Å²) in [5.41, 5.74) is 1.50. The number of carbonyl (C=O) groups is 2. The summed E-state index contributed by atoms with van der Waals surface area (Å²) >= 11 is 0. The molecule has 0 radical (unpaired) electrons. The van der Waals surface area contributed by atoms with Crippen molar-refractivity contribution < 1.29 is 14.3 Å². The van der Waals surface area contributed by atoms with Crippen molar-refractivity contribution in [3.05, 3.63) is 52.4 Å². The van der Waals surface area contributed by atoms with Crippen LogP contribution in [0.15, 0.2) is 41.2 Å². The predicted octanol–water partition coefficient (Wildman–Crippen LogP) is 2.44. The van der Waals surface area contributed by atoms with E-state index >= 15 is 0 Å². The minimum atomic E-state index is -0.741. The summed E-state index contributed by atoms with van der Waals surface area (Å²) in [6.45, 7) is 4.12. The van der Waals surface area contributed by atoms with E-state index in [-0.39, 0.29) is 11.3 Å². The van der Waals surface area contributed by atoms with Gasteiger partial charge in [-0.1, -0.05) is 13.3 Å². The molecule has 1 aromatic carbocycles. The SMILES string of the molecule is CCCCn1nc(C(=O)OCC(=O)Nc2ccc(N3CCCC3)cc2)ccc1=O. The highest BCUT2D eigenvalue weighted by Crippen LogP contribution is 2.21. The molecule has 29 heavy (non-hydrogen) atoms. The number of nitrogens with zero attached hydrogens (tertiary/aromatic N) is 3. The van der Waals surface area contributed by atoms with Gasteiger partial charge in [-0.15, -0.1) is 0 Å². The summed E-state index contributed by atoms with van der Waals surface area (Å²) in [5.74, 6) is -1.18. The minimum absolute atomic E-state index is 0.00321. The summed E-state index contributed by atoms with van der Waals surface area (Å²) in [5, 5.41) is 6.72. The van der Waals surface area contributed by atoms with Gasteiger partial charge in [0.25, 0.3) is 11.5 Å². The maximum atomic E-state index is 12.1. The molecule has 1 saturated heterocycles. The van der Waals surface area contributed by atoms with Gasteiger partial charge in [-0.3, -0.25) is 9.59 Å². The van der Waals surface area contributed by atoms with Crippen LogP contribution in [0.5, 0.6) is 0 Å². The molecule has 3 rings (SSSR count). The molecule has 8 heteroatoms. The van der Waals surface area contributed by atoms with Crippen LogP contribution in [0.2, 0.25) is 0 Å². The normalized spacial score (nSPS) is 13.3. The van der Waals surface area contributed by atoms with Gasteiger partial charge in [0.15, 0.2) is 12.3 Å². The van der Waals surface area contributed by atoms with E-state index in [1.165, 1.54) is 29.7 Å². The van der Waals surface area contributed by atoms with Crippen molar-refractivity contribution in [1.82, 2.24) is 9.78 Å². The fourth-order valence-corrected chi connectivity index (χ4v) is 3.16. The number of aryl methyl sites for hydroxylation is 1. The molecular formula is C21H26N4O4. The number of unbranched alkanes of at least 4 members (excludes halogenated alkanes) is 1. The number of rotatable bonds is 8. The largest absolute Gasteiger partial charge is 0.451 e. The van der Waals surface area contributed by atoms with Gasteiger partial charge in [-0.05, 0) is 49.6 Å². The summed E-state index contributed by atoms with van der Waals surface area (Å²) in [6, 6.07) is 10.2. The first kappa shape index (κ1) is 20.6. The molecule has 1 fully saturated rings. The van der Waals surface area contributed by atoms with Gasteiger partial charge in [-0.25, -0.2) is 9.48 Å². The molecule has 2 heterocycles. The van der Waals surface area contributed by atoms with Crippen LogP contribution in [0, 0.1) is 0 Å². The van der Waals surface area contributed by atoms with Crippen LogP contribution in [0.25, 0.3) is 0 Å². The molecule has 1 amide bonds. The van der Waals surface area contributed by atoms with Crippen LogP contribution in [0.1, 0.15) is 43.1 Å². The zero-order chi connectivity index (χ0) is 20.6. The third-order valence-corrected chi connectivity index (χ3v) is 4.76. The molecule has 8 nitrogen and oxygen atoms in total. The molecule has 0 aliphatic carbocycles. The summed E-state index contributed by atoms with van der Waals surface area (Å²) in [6.07, 6.45) is 4.09. The fourth-order valence-electron chi connectivity index (χ4n) is 3.16. The first-order chi connectivity index (χ1) is 14.1. The summed E-state index contributed by atoms with van der Waals surface area (Å²) in [7, 11) is 0. The second-order valence-electron chi connectivity index (χ2n) is 7.00. The summed E-state index contributed by atoms with van der Waals surface area (Å²) < 4.78 is 6.27. The maximum absolute atomic E-state index is 12.1. The standard InChI is InChI=1S/C21H26N4O4/c1-2-3-14-25-20(27)11-10-18(23-25)21(28)29-15-19(26)22-16-6-8-17(9-7-16)24-12-4-5-13-24/h6-11H,2-5,12-15H2,1H3,(H,22,26). The van der Waals surface area contributed by atoms with E-state index in [0.29, 0.717) is 12.2 Å². The number of aromatic nitrogens is 2. The zero-order valence-corrected chi connectivity index (χ0v) is 16.6. The lowest BCUT2D eigenvalue weighted by Crippen LogP contribution is -2.26. The highest BCUT2D eigenvalue weighted by molar-refractivity contribution is 5.94. The molecule has 0 bridgehead atoms. The van der Waals surface area contributed by atoms with E-state index in [2.05, 4.69) is 15.3 Å². The number of hydrogen-bond donors (Lipinski definition) is 1. The van der Waals surface area contributed by atoms with Crippen LogP contribution in [-0.4, -0.2) is 41.4 Å². The van der Waals surface area contributed by atoms with Gasteiger partial charge in [0.05, 0.1) is 0 Å². The molecule has 0 saturated carbocycles. The van der Waals surface area contributed by atoms with E-state index in [4.69, 9.17) is 4.74 Å². The Morgan fingerprint density at radius 3 is 2.52 bits per heavy atom. The van der Waals surface area contributed by atoms with Crippen LogP contribution < -0.4 is 15.8 Å². The van der Waals surface area contributed by atoms with Crippen molar-refractivity contribution in [2.24, 2.45) is 0 Å². The molecule has 1 aromatic heterocycles. The number of ether oxygens (including phenoxy) is 1. The number of benzene rings is 1. The molecule has 1 N–H and O–H groups in total. The van der Waals surface area contributed by atoms with E-state index in [0.717, 1.165) is 31.6 Å². The van der Waals surface area contributed by atoms with E-state index in [9.17, 15) is 14.4 Å². The van der Waals surface area contributed by atoms with Crippen molar-refractivity contribution >= 4 is 23.3 Å². The summed E-state index contributed by atoms with van der Waals surface area (Å²) in [4.78, 5) is 38.3. The lowest BCUT2D eigenvalue weighted by molar-refractivity contribution is -0.119. The van der Waals surface area contributed by atoms with E-state index in [1.807, 2.05) is 31.2 Å². The van der Waals surface area contributed by atoms with Crippen molar-refractivity contribution in [1.29, 1.82) is 0 Å². The van der Waals surface area contributed by atoms with Crippen molar-refractivity contribution in [2.75, 3.05) is 29.9 Å². The number of nitrogens with one attached hydrogen (secondary N) is 1. The third kappa shape index (κ3) is 5.66. The molecule has 0 unspecified atom stereocenters. The molecule has 0 spiro atoms. The van der Waals surface area contributed by atoms with Crippen molar-refractivity contribution in [3.8, 4) is 0 Å². The topological polar surface area (TPSA) is 93.5 Å². The monoisotopic (exact) mass is 398 g/mol. The Kier molecular flexibility index (Phi) is 6.99. The second kappa shape index (κ2) is 9.86. The van der Waals surface area contributed by atoms with Crippen LogP contribution in [0.3, 0.4) is 0 Å². The Hall–Kier alpha value is -3.16. The number of anilines is 2. The lowest BCUT2D eigenvalue weighted by Gasteiger charge is -2.17. The quantitative estimate of drug-likeness (QED) is 0.687. The number of carbonyl (C=O) groups excluding carboxylic acids is 2. The van der Waals surface area contributed by atoms with E-state index in [1.54, 1.807) is 0 Å². The zero-order valence-electron chi connectivity index (χ0n) is 16.6. The van der Waals surface area contributed by atoms with E-state index < -0.39 is 18.5 Å². The maximum Gasteiger partial charge on any atom is 0.359 e. The van der Waals surface area contributed by atoms with Gasteiger partial charge >= 0.3 is 5.97 Å². The highest BCUT2D eigenvalue weighted by atomic mass is 16.5. The molecule has 154 valence electrons. The van der Waals surface area contributed by atoms with Gasteiger partial charge in [0, 0.05) is 37.1 Å². The van der Waals surface area contributed by atoms with Crippen molar-refractivity contribution in [3.63, 3.8) is 0 Å². The molecule has 1 aliphatic heterocycles. The number of amides is 1. The second-order valence-corrected chi connectivity index (χ2v) is 7.00. The highest BCUT2D eigenvalue weighted by Gasteiger charge is 2.14. The fraction of sp³-hybridized carbons (Fsp3) is 0.429. The molecule has 0 atom stereocenters. The Morgan fingerprint density at radius 1 is 1.10 bits per heavy atom. The molecule has 2 aromatic rings. The van der Waals surface area contributed by atoms with Crippen molar-refractivity contribution in [2.45, 2.75) is 39.2 Å². The molecular weight excluding hydrogens is 372 g/mol. The first-order valence-electron chi connectivity index (χ1n) is 9.97. The van der Waals surface area contributed by atoms with Gasteiger partial charge in [0.1, 0.15) is 0 Å². The molecule has 1 aliphatic rings. The van der Waals surface area contributed by atoms with Gasteiger partial charge < -0.3 is 15.0 Å². The number of esters is 1. The Morgan fingerprint density at radius 2 is 1.83 bits per heavy atom. The van der Waals surface area contributed by atoms with Crippen LogP contribution >= 0.6 is 0 Å². The number of hydrogen-bond acceptors (Lipinski definition) is 6. The average Bonchev–Trinajstić information content (AvgIpc) is 3.27. The third-order valence-electron chi connectivity index (χ3n) is 4.76. The first-order valence-corrected chi connectivity index (χ1v) is 9.97. The van der Waals surface area contributed by atoms with Crippen LogP contribution in [-0.2, 0) is 16.1 Å². The minimum Gasteiger partial charge on any atom is -0.451 e.